The summed E-state index contributed by atoms with van der Waals surface area (Å²) in [5, 5.41) is 3.99. The second-order valence-corrected chi connectivity index (χ2v) is 7.70. The lowest BCUT2D eigenvalue weighted by molar-refractivity contribution is -0.137. The summed E-state index contributed by atoms with van der Waals surface area (Å²) in [7, 11) is 0. The molecule has 0 saturated carbocycles. The maximum Gasteiger partial charge on any atom is 0.416 e. The first-order chi connectivity index (χ1) is 15.9. The van der Waals surface area contributed by atoms with Crippen molar-refractivity contribution in [2.24, 2.45) is 5.10 Å². The van der Waals surface area contributed by atoms with Crippen LogP contribution >= 0.6 is 0 Å². The molecule has 0 aromatic heterocycles. The Hall–Kier alpha value is -4.01. The minimum absolute atomic E-state index is 0.177. The zero-order valence-corrected chi connectivity index (χ0v) is 17.2. The first-order valence-electron chi connectivity index (χ1n) is 10.1. The normalized spacial score (nSPS) is 14.6. The molecule has 0 radical (unpaired) electrons. The lowest BCUT2D eigenvalue weighted by atomic mass is 10.1. The van der Waals surface area contributed by atoms with Crippen molar-refractivity contribution in [3.63, 3.8) is 0 Å². The molecule has 1 N–H and O–H groups in total. The van der Waals surface area contributed by atoms with Crippen LogP contribution in [0.3, 0.4) is 0 Å². The molecular weight excluding hydrogens is 435 g/mol. The number of halogens is 3. The summed E-state index contributed by atoms with van der Waals surface area (Å²) in [5.41, 5.74) is 5.31. The monoisotopic (exact) mass is 453 g/mol. The van der Waals surface area contributed by atoms with Crippen LogP contribution in [0.5, 0.6) is 11.5 Å². The van der Waals surface area contributed by atoms with E-state index in [1.54, 1.807) is 36.4 Å². The van der Waals surface area contributed by atoms with E-state index in [0.29, 0.717) is 35.8 Å². The number of rotatable bonds is 4. The van der Waals surface area contributed by atoms with Gasteiger partial charge in [0.25, 0.3) is 5.91 Å². The second kappa shape index (κ2) is 8.16. The number of carbonyl (C=O) groups is 1. The quantitative estimate of drug-likeness (QED) is 0.459. The highest BCUT2D eigenvalue weighted by Gasteiger charge is 2.31. The van der Waals surface area contributed by atoms with Gasteiger partial charge in [-0.2, -0.15) is 18.3 Å². The van der Waals surface area contributed by atoms with Crippen molar-refractivity contribution in [2.45, 2.75) is 19.3 Å². The van der Waals surface area contributed by atoms with E-state index in [0.717, 1.165) is 28.8 Å². The van der Waals surface area contributed by atoms with Crippen LogP contribution in [-0.2, 0) is 19.3 Å². The van der Waals surface area contributed by atoms with Crippen LogP contribution in [0.15, 0.2) is 65.8 Å². The highest BCUT2D eigenvalue weighted by molar-refractivity contribution is 5.95. The molecule has 6 nitrogen and oxygen atoms in total. The maximum atomic E-state index is 13.0. The predicted molar refractivity (Wildman–Crippen MR) is 115 cm³/mol. The number of carbonyl (C=O) groups excluding carboxylic acids is 1. The molecular formula is C24H18F3N3O3. The molecule has 0 atom stereocenters. The standard InChI is InChI=1S/C24H18F3N3O3/c25-24(26,27)19-2-1-3-20(10-19)30-12-17-6-5-16(9-18(17)13-30)23(31)29-28-11-15-4-7-21-22(8-15)33-14-32-21/h1-11H,12-14H2,(H,29,31)/b28-11-. The molecule has 0 saturated heterocycles. The molecule has 2 aliphatic rings. The van der Waals surface area contributed by atoms with E-state index in [1.807, 2.05) is 11.0 Å². The van der Waals surface area contributed by atoms with Crippen molar-refractivity contribution < 1.29 is 27.4 Å². The van der Waals surface area contributed by atoms with Gasteiger partial charge in [0.1, 0.15) is 0 Å². The van der Waals surface area contributed by atoms with Crippen LogP contribution in [-0.4, -0.2) is 18.9 Å². The third-order valence-electron chi connectivity index (χ3n) is 5.51. The Morgan fingerprint density at radius 2 is 1.79 bits per heavy atom. The van der Waals surface area contributed by atoms with Crippen molar-refractivity contribution >= 4 is 17.8 Å². The number of ether oxygens (including phenoxy) is 2. The summed E-state index contributed by atoms with van der Waals surface area (Å²) < 4.78 is 49.7. The van der Waals surface area contributed by atoms with Crippen molar-refractivity contribution in [1.29, 1.82) is 0 Å². The fourth-order valence-electron chi connectivity index (χ4n) is 3.82. The van der Waals surface area contributed by atoms with E-state index < -0.39 is 11.7 Å². The highest BCUT2D eigenvalue weighted by Crippen LogP contribution is 2.35. The van der Waals surface area contributed by atoms with Gasteiger partial charge in [-0.05, 0) is 65.2 Å². The van der Waals surface area contributed by atoms with Gasteiger partial charge in [0, 0.05) is 24.3 Å². The number of nitrogens with zero attached hydrogens (tertiary/aromatic N) is 2. The molecule has 3 aromatic carbocycles. The number of hydrogen-bond donors (Lipinski definition) is 1. The molecule has 5 rings (SSSR count). The van der Waals surface area contributed by atoms with Gasteiger partial charge in [-0.25, -0.2) is 5.43 Å². The number of anilines is 1. The minimum atomic E-state index is -4.39. The number of alkyl halides is 3. The molecule has 2 heterocycles. The van der Waals surface area contributed by atoms with Gasteiger partial charge in [-0.3, -0.25) is 4.79 Å². The molecule has 33 heavy (non-hydrogen) atoms. The molecule has 9 heteroatoms. The zero-order chi connectivity index (χ0) is 23.0. The number of hydrazone groups is 1. The summed E-state index contributed by atoms with van der Waals surface area (Å²) in [6.07, 6.45) is -2.89. The first-order valence-corrected chi connectivity index (χ1v) is 10.1. The topological polar surface area (TPSA) is 63.2 Å². The molecule has 0 aliphatic carbocycles. The van der Waals surface area contributed by atoms with Gasteiger partial charge in [-0.15, -0.1) is 0 Å². The van der Waals surface area contributed by atoms with Crippen LogP contribution in [0.25, 0.3) is 0 Å². The van der Waals surface area contributed by atoms with Crippen LogP contribution < -0.4 is 19.8 Å². The van der Waals surface area contributed by atoms with E-state index in [2.05, 4.69) is 10.5 Å². The Kier molecular flexibility index (Phi) is 5.16. The summed E-state index contributed by atoms with van der Waals surface area (Å²) in [6, 6.07) is 15.8. The Morgan fingerprint density at radius 3 is 2.64 bits per heavy atom. The van der Waals surface area contributed by atoms with Gasteiger partial charge in [0.05, 0.1) is 11.8 Å². The van der Waals surface area contributed by atoms with Gasteiger partial charge < -0.3 is 14.4 Å². The van der Waals surface area contributed by atoms with E-state index in [4.69, 9.17) is 9.47 Å². The van der Waals surface area contributed by atoms with E-state index in [9.17, 15) is 18.0 Å². The van der Waals surface area contributed by atoms with Crippen LogP contribution in [0.4, 0.5) is 18.9 Å². The average Bonchev–Trinajstić information content (AvgIpc) is 3.44. The third-order valence-corrected chi connectivity index (χ3v) is 5.51. The summed E-state index contributed by atoms with van der Waals surface area (Å²) >= 11 is 0. The summed E-state index contributed by atoms with van der Waals surface area (Å²) in [4.78, 5) is 14.4. The fourth-order valence-corrected chi connectivity index (χ4v) is 3.82. The Bertz CT molecular complexity index is 1260. The predicted octanol–water partition coefficient (Wildman–Crippen LogP) is 4.72. The molecule has 0 bridgehead atoms. The molecule has 3 aromatic rings. The molecule has 168 valence electrons. The average molecular weight is 453 g/mol. The molecule has 0 unspecified atom stereocenters. The molecule has 2 aliphatic heterocycles. The maximum absolute atomic E-state index is 13.0. The van der Waals surface area contributed by atoms with Crippen LogP contribution in [0.2, 0.25) is 0 Å². The Balaban J connectivity index is 1.25. The lowest BCUT2D eigenvalue weighted by Crippen LogP contribution is -2.18. The summed E-state index contributed by atoms with van der Waals surface area (Å²) in [5.74, 6) is 0.898. The smallest absolute Gasteiger partial charge is 0.416 e. The SMILES string of the molecule is O=C(N/N=C\c1ccc2c(c1)OCO2)c1ccc2c(c1)CN(c1cccc(C(F)(F)F)c1)C2. The minimum Gasteiger partial charge on any atom is -0.454 e. The van der Waals surface area contributed by atoms with Gasteiger partial charge >= 0.3 is 6.18 Å². The fraction of sp³-hybridized carbons (Fsp3) is 0.167. The number of amides is 1. The zero-order valence-electron chi connectivity index (χ0n) is 17.2. The molecule has 0 fully saturated rings. The number of nitrogens with one attached hydrogen (secondary N) is 1. The van der Waals surface area contributed by atoms with Crippen molar-refractivity contribution in [3.8, 4) is 11.5 Å². The molecule has 1 amide bonds. The van der Waals surface area contributed by atoms with Crippen molar-refractivity contribution in [1.82, 2.24) is 5.43 Å². The third kappa shape index (κ3) is 4.34. The molecule has 0 spiro atoms. The number of benzene rings is 3. The van der Waals surface area contributed by atoms with Crippen molar-refractivity contribution in [2.75, 3.05) is 11.7 Å². The van der Waals surface area contributed by atoms with Gasteiger partial charge in [0.2, 0.25) is 6.79 Å². The summed E-state index contributed by atoms with van der Waals surface area (Å²) in [6.45, 7) is 1.06. The second-order valence-electron chi connectivity index (χ2n) is 7.70. The van der Waals surface area contributed by atoms with E-state index >= 15 is 0 Å². The lowest BCUT2D eigenvalue weighted by Gasteiger charge is -2.19. The number of fused-ring (bicyclic) bond motifs is 2. The highest BCUT2D eigenvalue weighted by atomic mass is 19.4. The van der Waals surface area contributed by atoms with Crippen molar-refractivity contribution in [3.05, 3.63) is 88.5 Å². The van der Waals surface area contributed by atoms with E-state index in [-0.39, 0.29) is 12.7 Å². The Morgan fingerprint density at radius 1 is 0.970 bits per heavy atom. The van der Waals surface area contributed by atoms with Crippen LogP contribution in [0, 0.1) is 0 Å². The largest absolute Gasteiger partial charge is 0.454 e. The first kappa shape index (κ1) is 20.9. The Labute approximate surface area is 187 Å². The van der Waals surface area contributed by atoms with Crippen LogP contribution in [0.1, 0.15) is 32.6 Å². The van der Waals surface area contributed by atoms with Gasteiger partial charge in [0.15, 0.2) is 11.5 Å². The van der Waals surface area contributed by atoms with Gasteiger partial charge in [-0.1, -0.05) is 12.1 Å². The number of hydrogen-bond acceptors (Lipinski definition) is 5. The van der Waals surface area contributed by atoms with E-state index in [1.165, 1.54) is 12.3 Å².